The molecule has 3 nitrogen and oxygen atoms in total. The van der Waals surface area contributed by atoms with Crippen LogP contribution in [-0.2, 0) is 11.8 Å². The van der Waals surface area contributed by atoms with E-state index in [1.165, 1.54) is 18.2 Å². The quantitative estimate of drug-likeness (QED) is 0.706. The number of alkyl halides is 3. The summed E-state index contributed by atoms with van der Waals surface area (Å²) in [6.07, 6.45) is -4.45. The topological polar surface area (TPSA) is 44.3 Å². The summed E-state index contributed by atoms with van der Waals surface area (Å²) < 4.78 is 39.3. The molecule has 2 aromatic rings. The Labute approximate surface area is 129 Å². The van der Waals surface area contributed by atoms with Crippen molar-refractivity contribution in [3.8, 4) is 5.75 Å². The van der Waals surface area contributed by atoms with Crippen LogP contribution >= 0.6 is 11.6 Å². The number of para-hydroxylation sites is 1. The minimum absolute atomic E-state index is 0.0103. The van der Waals surface area contributed by atoms with Crippen LogP contribution in [0.25, 0.3) is 0 Å². The van der Waals surface area contributed by atoms with E-state index in [0.717, 1.165) is 6.07 Å². The molecule has 1 unspecified atom stereocenters. The van der Waals surface area contributed by atoms with Crippen molar-refractivity contribution in [2.45, 2.75) is 18.8 Å². The maximum absolute atomic E-state index is 13.1. The summed E-state index contributed by atoms with van der Waals surface area (Å²) in [6, 6.07) is 8.29. The highest BCUT2D eigenvalue weighted by Gasteiger charge is 2.41. The third-order valence-electron chi connectivity index (χ3n) is 3.62. The van der Waals surface area contributed by atoms with E-state index in [2.05, 4.69) is 10.6 Å². The molecule has 1 atom stereocenters. The van der Waals surface area contributed by atoms with E-state index >= 15 is 0 Å². The maximum Gasteiger partial charge on any atom is 0.418 e. The number of benzene rings is 2. The standard InChI is InChI=1S/C15H12ClF3N2O/c1-14(9-6-5-8(22)7-11(9)16)20-12-4-2-3-10(13(12)21-14)15(17,18)19/h2-7,20-22H,1H3. The van der Waals surface area contributed by atoms with Gasteiger partial charge in [0.25, 0.3) is 0 Å². The lowest BCUT2D eigenvalue weighted by Crippen LogP contribution is -2.35. The molecule has 0 radical (unpaired) electrons. The number of anilines is 2. The molecule has 0 aromatic heterocycles. The lowest BCUT2D eigenvalue weighted by Gasteiger charge is -2.28. The molecule has 0 aliphatic carbocycles. The van der Waals surface area contributed by atoms with Crippen molar-refractivity contribution < 1.29 is 18.3 Å². The first-order chi connectivity index (χ1) is 10.2. The van der Waals surface area contributed by atoms with Crippen molar-refractivity contribution in [3.05, 3.63) is 52.5 Å². The van der Waals surface area contributed by atoms with Crippen LogP contribution in [0.3, 0.4) is 0 Å². The second-order valence-electron chi connectivity index (χ2n) is 5.27. The SMILES string of the molecule is CC1(c2ccc(O)cc2Cl)Nc2cccc(C(F)(F)F)c2N1. The van der Waals surface area contributed by atoms with Crippen LogP contribution in [0.4, 0.5) is 24.5 Å². The Bertz CT molecular complexity index is 748. The van der Waals surface area contributed by atoms with E-state index in [4.69, 9.17) is 11.6 Å². The Hall–Kier alpha value is -2.08. The van der Waals surface area contributed by atoms with Crippen LogP contribution in [0.5, 0.6) is 5.75 Å². The molecule has 116 valence electrons. The molecule has 0 fully saturated rings. The highest BCUT2D eigenvalue weighted by atomic mass is 35.5. The predicted octanol–water partition coefficient (Wildman–Crippen LogP) is 4.77. The Morgan fingerprint density at radius 2 is 1.86 bits per heavy atom. The van der Waals surface area contributed by atoms with E-state index < -0.39 is 17.4 Å². The molecule has 2 aromatic carbocycles. The van der Waals surface area contributed by atoms with Crippen LogP contribution in [0.15, 0.2) is 36.4 Å². The zero-order valence-corrected chi connectivity index (χ0v) is 12.2. The van der Waals surface area contributed by atoms with Crippen LogP contribution in [0.1, 0.15) is 18.1 Å². The van der Waals surface area contributed by atoms with Gasteiger partial charge in [-0.15, -0.1) is 0 Å². The molecule has 0 bridgehead atoms. The first-order valence-electron chi connectivity index (χ1n) is 6.46. The maximum atomic E-state index is 13.1. The molecule has 3 rings (SSSR count). The summed E-state index contributed by atoms with van der Waals surface area (Å²) in [5.74, 6) is -0.0103. The van der Waals surface area contributed by atoms with Crippen molar-refractivity contribution in [1.29, 1.82) is 0 Å². The number of halogens is 4. The van der Waals surface area contributed by atoms with Gasteiger partial charge in [-0.05, 0) is 37.3 Å². The first kappa shape index (κ1) is 14.8. The van der Waals surface area contributed by atoms with E-state index in [9.17, 15) is 18.3 Å². The lowest BCUT2D eigenvalue weighted by atomic mass is 10.0. The van der Waals surface area contributed by atoms with Crippen LogP contribution < -0.4 is 10.6 Å². The number of hydrogen-bond acceptors (Lipinski definition) is 3. The predicted molar refractivity (Wildman–Crippen MR) is 79.2 cm³/mol. The van der Waals surface area contributed by atoms with Gasteiger partial charge < -0.3 is 15.7 Å². The molecule has 0 saturated heterocycles. The lowest BCUT2D eigenvalue weighted by molar-refractivity contribution is -0.136. The fourth-order valence-corrected chi connectivity index (χ4v) is 2.99. The summed E-state index contributed by atoms with van der Waals surface area (Å²) in [5, 5.41) is 15.6. The zero-order valence-electron chi connectivity index (χ0n) is 11.4. The minimum Gasteiger partial charge on any atom is -0.508 e. The fraction of sp³-hybridized carbons (Fsp3) is 0.200. The van der Waals surface area contributed by atoms with Gasteiger partial charge in [-0.3, -0.25) is 0 Å². The molecule has 1 heterocycles. The molecule has 0 saturated carbocycles. The third-order valence-corrected chi connectivity index (χ3v) is 3.93. The number of rotatable bonds is 1. The summed E-state index contributed by atoms with van der Waals surface area (Å²) in [4.78, 5) is 0. The van der Waals surface area contributed by atoms with Crippen LogP contribution in [-0.4, -0.2) is 5.11 Å². The largest absolute Gasteiger partial charge is 0.508 e. The van der Waals surface area contributed by atoms with Gasteiger partial charge in [0.2, 0.25) is 0 Å². The third kappa shape index (κ3) is 2.33. The van der Waals surface area contributed by atoms with E-state index in [1.54, 1.807) is 19.1 Å². The smallest absolute Gasteiger partial charge is 0.418 e. The number of hydrogen-bond donors (Lipinski definition) is 3. The molecule has 1 aliphatic rings. The number of phenolic OH excluding ortho intramolecular Hbond substituents is 1. The van der Waals surface area contributed by atoms with E-state index in [-0.39, 0.29) is 16.5 Å². The zero-order chi connectivity index (χ0) is 16.1. The van der Waals surface area contributed by atoms with Gasteiger partial charge in [0.15, 0.2) is 0 Å². The molecule has 0 spiro atoms. The monoisotopic (exact) mass is 328 g/mol. The molecule has 7 heteroatoms. The number of phenols is 1. The average Bonchev–Trinajstić information content (AvgIpc) is 2.73. The summed E-state index contributed by atoms with van der Waals surface area (Å²) in [6.45, 7) is 1.69. The molecule has 3 N–H and O–H groups in total. The number of aromatic hydroxyl groups is 1. The van der Waals surface area contributed by atoms with Crippen LogP contribution in [0, 0.1) is 0 Å². The number of nitrogens with one attached hydrogen (secondary N) is 2. The molecule has 22 heavy (non-hydrogen) atoms. The van der Waals surface area contributed by atoms with E-state index in [0.29, 0.717) is 11.3 Å². The van der Waals surface area contributed by atoms with Gasteiger partial charge in [-0.2, -0.15) is 13.2 Å². The molecule has 1 aliphatic heterocycles. The Morgan fingerprint density at radius 1 is 1.14 bits per heavy atom. The Balaban J connectivity index is 2.07. The van der Waals surface area contributed by atoms with Gasteiger partial charge in [-0.25, -0.2) is 0 Å². The van der Waals surface area contributed by atoms with E-state index in [1.807, 2.05) is 0 Å². The average molecular weight is 329 g/mol. The molecular formula is C15H12ClF3N2O. The van der Waals surface area contributed by atoms with Gasteiger partial charge in [-0.1, -0.05) is 17.7 Å². The minimum atomic E-state index is -4.45. The second-order valence-corrected chi connectivity index (χ2v) is 5.67. The van der Waals surface area contributed by atoms with Gasteiger partial charge in [0.1, 0.15) is 11.4 Å². The van der Waals surface area contributed by atoms with Gasteiger partial charge in [0, 0.05) is 5.56 Å². The normalized spacial score (nSPS) is 20.2. The summed E-state index contributed by atoms with van der Waals surface area (Å²) in [5.41, 5.74) is -0.871. The number of fused-ring (bicyclic) bond motifs is 1. The van der Waals surface area contributed by atoms with Crippen molar-refractivity contribution >= 4 is 23.0 Å². The molecular weight excluding hydrogens is 317 g/mol. The molecule has 0 amide bonds. The highest BCUT2D eigenvalue weighted by molar-refractivity contribution is 6.31. The van der Waals surface area contributed by atoms with Gasteiger partial charge >= 0.3 is 6.18 Å². The second kappa shape index (κ2) is 4.71. The summed E-state index contributed by atoms with van der Waals surface area (Å²) >= 11 is 6.11. The van der Waals surface area contributed by atoms with Crippen LogP contribution in [0.2, 0.25) is 5.02 Å². The Kier molecular flexibility index (Phi) is 3.18. The van der Waals surface area contributed by atoms with Crippen molar-refractivity contribution in [2.24, 2.45) is 0 Å². The fourth-order valence-electron chi connectivity index (χ4n) is 2.62. The van der Waals surface area contributed by atoms with Crippen molar-refractivity contribution in [1.82, 2.24) is 0 Å². The Morgan fingerprint density at radius 3 is 2.50 bits per heavy atom. The highest BCUT2D eigenvalue weighted by Crippen LogP contribution is 2.47. The van der Waals surface area contributed by atoms with Crippen molar-refractivity contribution in [2.75, 3.05) is 10.6 Å². The first-order valence-corrected chi connectivity index (χ1v) is 6.84. The van der Waals surface area contributed by atoms with Crippen molar-refractivity contribution in [3.63, 3.8) is 0 Å². The summed E-state index contributed by atoms with van der Waals surface area (Å²) in [7, 11) is 0. The van der Waals surface area contributed by atoms with Gasteiger partial charge in [0.05, 0.1) is 22.0 Å².